The van der Waals surface area contributed by atoms with Crippen molar-refractivity contribution in [2.75, 3.05) is 0 Å². The van der Waals surface area contributed by atoms with Gasteiger partial charge in [0.05, 0.1) is 0 Å². The predicted octanol–water partition coefficient (Wildman–Crippen LogP) is 9.80. The van der Waals surface area contributed by atoms with Crippen LogP contribution in [0.5, 0.6) is 0 Å². The van der Waals surface area contributed by atoms with Crippen molar-refractivity contribution in [3.05, 3.63) is 140 Å². The van der Waals surface area contributed by atoms with E-state index in [0.717, 1.165) is 38.6 Å². The first-order valence-electron chi connectivity index (χ1n) is 14.5. The van der Waals surface area contributed by atoms with Crippen molar-refractivity contribution >= 4 is 59.9 Å². The van der Waals surface area contributed by atoms with Gasteiger partial charge in [-0.15, -0.1) is 0 Å². The molecule has 9 rings (SSSR count). The minimum Gasteiger partial charge on any atom is -0.0615 e. The normalized spacial score (nSPS) is 11.6. The zero-order valence-corrected chi connectivity index (χ0v) is 25.8. The molecule has 0 aliphatic rings. The van der Waals surface area contributed by atoms with E-state index in [0.29, 0.717) is 17.5 Å². The van der Waals surface area contributed by atoms with Crippen molar-refractivity contribution in [1.82, 2.24) is 15.0 Å². The predicted molar refractivity (Wildman–Crippen MR) is 181 cm³/mol. The molecule has 0 spiro atoms. The molecule has 0 saturated heterocycles. The molecule has 0 aliphatic heterocycles. The second-order valence-corrected chi connectivity index (χ2v) is 13.8. The molecule has 3 aromatic heterocycles. The Morgan fingerprint density at radius 2 is 1.07 bits per heavy atom. The summed E-state index contributed by atoms with van der Waals surface area (Å²) in [4.78, 5) is 14.9. The van der Waals surface area contributed by atoms with E-state index >= 15 is 0 Å². The molecule has 3 heterocycles. The monoisotopic (exact) mass is 679 g/mol. The van der Waals surface area contributed by atoms with E-state index in [1.165, 1.54) is 28.7 Å². The fourth-order valence-corrected chi connectivity index (χ4v) is 9.62. The van der Waals surface area contributed by atoms with Crippen LogP contribution >= 0.6 is 0 Å². The van der Waals surface area contributed by atoms with Gasteiger partial charge in [-0.25, -0.2) is 0 Å². The Kier molecular flexibility index (Phi) is 5.94. The van der Waals surface area contributed by atoms with Gasteiger partial charge in [0, 0.05) is 0 Å². The van der Waals surface area contributed by atoms with Gasteiger partial charge in [-0.3, -0.25) is 0 Å². The summed E-state index contributed by atoms with van der Waals surface area (Å²) in [5, 5.41) is 4.85. The summed E-state index contributed by atoms with van der Waals surface area (Å²) in [5.41, 5.74) is 7.00. The van der Waals surface area contributed by atoms with Crippen LogP contribution in [0.3, 0.4) is 0 Å². The van der Waals surface area contributed by atoms with Crippen LogP contribution in [0.25, 0.3) is 84.8 Å². The number of nitrogens with zero attached hydrogens (tertiary/aromatic N) is 3. The van der Waals surface area contributed by atoms with E-state index < -0.39 is 20.4 Å². The number of fused-ring (bicyclic) bond motifs is 6. The molecule has 0 atom stereocenters. The molecule has 5 heteroatoms. The van der Waals surface area contributed by atoms with E-state index in [2.05, 4.69) is 66.7 Å². The maximum absolute atomic E-state index is 6.42. The smallest absolute Gasteiger partial charge is 0.0615 e. The topological polar surface area (TPSA) is 51.8 Å². The molecule has 0 saturated carbocycles. The molecule has 0 N–H and O–H groups in total. The minimum atomic E-state index is -0.476. The average molecular weight is 677 g/mol. The first-order chi connectivity index (χ1) is 21.8. The molecule has 0 amide bonds. The molecule has 6 aromatic carbocycles. The van der Waals surface area contributed by atoms with Gasteiger partial charge >= 0.3 is 228 Å². The minimum absolute atomic E-state index is 0.476. The third kappa shape index (κ3) is 4.17. The third-order valence-corrected chi connectivity index (χ3v) is 11.6. The molecular formula is C39H23N3OTe. The second kappa shape index (κ2) is 10.3. The Balaban J connectivity index is 1.28. The van der Waals surface area contributed by atoms with Crippen LogP contribution in [0.2, 0.25) is 0 Å². The van der Waals surface area contributed by atoms with Crippen molar-refractivity contribution in [2.45, 2.75) is 0 Å². The summed E-state index contributed by atoms with van der Waals surface area (Å²) < 4.78 is 9.43. The van der Waals surface area contributed by atoms with Gasteiger partial charge in [0.2, 0.25) is 0 Å². The Labute approximate surface area is 262 Å². The first-order valence-corrected chi connectivity index (χ1v) is 16.9. The number of benzene rings is 6. The van der Waals surface area contributed by atoms with Crippen molar-refractivity contribution < 1.29 is 4.42 Å². The Morgan fingerprint density at radius 1 is 0.432 bits per heavy atom. The summed E-state index contributed by atoms with van der Waals surface area (Å²) in [7, 11) is 0. The molecule has 4 nitrogen and oxygen atoms in total. The first kappa shape index (κ1) is 25.4. The van der Waals surface area contributed by atoms with Gasteiger partial charge in [-0.1, -0.05) is 36.4 Å². The van der Waals surface area contributed by atoms with Crippen molar-refractivity contribution in [1.29, 1.82) is 0 Å². The van der Waals surface area contributed by atoms with Crippen LogP contribution < -0.4 is 0 Å². The van der Waals surface area contributed by atoms with Crippen LogP contribution in [-0.4, -0.2) is 35.4 Å². The third-order valence-electron chi connectivity index (χ3n) is 8.15. The van der Waals surface area contributed by atoms with Gasteiger partial charge in [-0.05, 0) is 0 Å². The van der Waals surface area contributed by atoms with E-state index in [4.69, 9.17) is 19.4 Å². The van der Waals surface area contributed by atoms with Gasteiger partial charge in [-0.2, -0.15) is 0 Å². The number of aromatic nitrogens is 3. The fourth-order valence-electron chi connectivity index (χ4n) is 6.08. The Hall–Kier alpha value is -5.08. The van der Waals surface area contributed by atoms with E-state index in [9.17, 15) is 0 Å². The second-order valence-electron chi connectivity index (χ2n) is 10.8. The van der Waals surface area contributed by atoms with Crippen molar-refractivity contribution in [2.24, 2.45) is 0 Å². The van der Waals surface area contributed by atoms with Crippen molar-refractivity contribution in [3.8, 4) is 45.3 Å². The standard InChI is InChI=1S/C39H23N3OTe/c1-3-11-24(12-4-1)37-40-38(25-13-5-2-6-14-25)42-39(41-37)30-18-10-19-33-35(30)31-23-26(21-22-32(31)43-33)27-16-9-17-29-28-15-7-8-20-34(28)44-36(27)29/h1-23H. The van der Waals surface area contributed by atoms with Crippen molar-refractivity contribution in [3.63, 3.8) is 0 Å². The summed E-state index contributed by atoms with van der Waals surface area (Å²) in [6.07, 6.45) is 0. The van der Waals surface area contributed by atoms with Crippen LogP contribution in [0.4, 0.5) is 0 Å². The van der Waals surface area contributed by atoms with E-state index in [1.807, 2.05) is 72.8 Å². The summed E-state index contributed by atoms with van der Waals surface area (Å²) >= 11 is -0.476. The molecular weight excluding hydrogens is 654 g/mol. The summed E-state index contributed by atoms with van der Waals surface area (Å²) in [5.74, 6) is 1.91. The Bertz CT molecular complexity index is 2440. The Morgan fingerprint density at radius 3 is 1.84 bits per heavy atom. The number of rotatable bonds is 4. The summed E-state index contributed by atoms with van der Waals surface area (Å²) in [6, 6.07) is 48.5. The van der Waals surface area contributed by atoms with Crippen LogP contribution in [0, 0.1) is 0 Å². The SMILES string of the molecule is c1ccc(-c2nc(-c3ccccc3)nc(-c3cccc4oc5ccc(-c6cccc7c6[te]c6ccccc67)cc5c34)n2)cc1. The van der Waals surface area contributed by atoms with Crippen LogP contribution in [-0.2, 0) is 0 Å². The zero-order chi connectivity index (χ0) is 29.0. The zero-order valence-electron chi connectivity index (χ0n) is 23.4. The van der Waals surface area contributed by atoms with E-state index in [1.54, 1.807) is 0 Å². The number of hydrogen-bond donors (Lipinski definition) is 0. The van der Waals surface area contributed by atoms with E-state index in [-0.39, 0.29) is 0 Å². The quantitative estimate of drug-likeness (QED) is 0.174. The molecule has 0 aliphatic carbocycles. The average Bonchev–Trinajstić information content (AvgIpc) is 3.67. The number of furan rings is 1. The van der Waals surface area contributed by atoms with Gasteiger partial charge in [0.25, 0.3) is 0 Å². The fraction of sp³-hybridized carbons (Fsp3) is 0. The molecule has 9 aromatic rings. The maximum atomic E-state index is 6.42. The molecule has 0 bridgehead atoms. The molecule has 0 radical (unpaired) electrons. The number of hydrogen-bond acceptors (Lipinski definition) is 4. The molecule has 44 heavy (non-hydrogen) atoms. The van der Waals surface area contributed by atoms with Crippen LogP contribution in [0.1, 0.15) is 0 Å². The van der Waals surface area contributed by atoms with Crippen LogP contribution in [0.15, 0.2) is 144 Å². The molecule has 0 fully saturated rings. The van der Waals surface area contributed by atoms with Gasteiger partial charge < -0.3 is 0 Å². The summed E-state index contributed by atoms with van der Waals surface area (Å²) in [6.45, 7) is 0. The molecule has 0 unspecified atom stereocenters. The van der Waals surface area contributed by atoms with Gasteiger partial charge in [0.15, 0.2) is 0 Å². The van der Waals surface area contributed by atoms with Gasteiger partial charge in [0.1, 0.15) is 0 Å². The molecule has 206 valence electrons.